The van der Waals surface area contributed by atoms with Gasteiger partial charge in [-0.05, 0) is 0 Å². The molecule has 0 atom stereocenters. The molecule has 0 spiro atoms. The number of alkyl halides is 6. The van der Waals surface area contributed by atoms with Crippen LogP contribution in [-0.4, -0.2) is 18.9 Å². The lowest BCUT2D eigenvalue weighted by Crippen LogP contribution is -2.45. The van der Waals surface area contributed by atoms with Crippen LogP contribution in [0, 0.1) is 0 Å². The second kappa shape index (κ2) is 2.79. The van der Waals surface area contributed by atoms with Gasteiger partial charge >= 0.3 is 18.9 Å². The number of rotatable bonds is 1. The second-order valence-electron chi connectivity index (χ2n) is 1.80. The quantitative estimate of drug-likeness (QED) is 0.425. The molecular weight excluding hydrogens is 173 g/mol. The fourth-order valence-electron chi connectivity index (χ4n) is 0.453. The first-order valence-electron chi connectivity index (χ1n) is 2.45. The molecule has 64 valence electrons. The Bertz CT molecular complexity index is 130. The van der Waals surface area contributed by atoms with Gasteiger partial charge in [-0.15, -0.1) is 12.6 Å². The molecule has 0 aliphatic heterocycles. The first-order chi connectivity index (χ1) is 4.69. The van der Waals surface area contributed by atoms with E-state index in [0.717, 1.165) is 0 Å². The minimum Gasteiger partial charge on any atom is -0.181 e. The van der Waals surface area contributed by atoms with E-state index in [1.807, 2.05) is 0 Å². The van der Waals surface area contributed by atoms with Crippen molar-refractivity contribution in [1.29, 1.82) is 0 Å². The summed E-state index contributed by atoms with van der Waals surface area (Å²) in [6, 6.07) is 0. The van der Waals surface area contributed by atoms with Crippen molar-refractivity contribution >= 4 is 6.71 Å². The summed E-state index contributed by atoms with van der Waals surface area (Å²) in [5.74, 6) is -0.167. The number of halogens is 6. The van der Waals surface area contributed by atoms with E-state index in [4.69, 9.17) is 0 Å². The molecule has 0 heterocycles. The SMILES string of the molecule is C=CB(C(F)(F)F)C(F)(F)F. The first-order valence-corrected chi connectivity index (χ1v) is 2.45. The van der Waals surface area contributed by atoms with Crippen LogP contribution < -0.4 is 0 Å². The average Bonchev–Trinajstić information content (AvgIpc) is 1.56. The third-order valence-electron chi connectivity index (χ3n) is 0.941. The Morgan fingerprint density at radius 2 is 1.18 bits per heavy atom. The third-order valence-corrected chi connectivity index (χ3v) is 0.941. The molecule has 7 heteroatoms. The molecule has 0 aromatic rings. The van der Waals surface area contributed by atoms with Crippen molar-refractivity contribution in [2.75, 3.05) is 0 Å². The summed E-state index contributed by atoms with van der Waals surface area (Å²) in [4.78, 5) is 0. The Kier molecular flexibility index (Phi) is 2.63. The van der Waals surface area contributed by atoms with E-state index in [9.17, 15) is 26.3 Å². The monoisotopic (exact) mass is 176 g/mol. The molecule has 0 rings (SSSR count). The summed E-state index contributed by atoms with van der Waals surface area (Å²) < 4.78 is 68.6. The van der Waals surface area contributed by atoms with E-state index in [1.165, 1.54) is 0 Å². The topological polar surface area (TPSA) is 0 Å². The largest absolute Gasteiger partial charge is 0.423 e. The van der Waals surface area contributed by atoms with E-state index < -0.39 is 18.9 Å². The van der Waals surface area contributed by atoms with Crippen LogP contribution in [0.15, 0.2) is 12.6 Å². The molecule has 0 nitrogen and oxygen atoms in total. The van der Waals surface area contributed by atoms with Crippen molar-refractivity contribution in [3.05, 3.63) is 12.6 Å². The molecule has 0 bridgehead atoms. The Morgan fingerprint density at radius 1 is 0.909 bits per heavy atom. The lowest BCUT2D eigenvalue weighted by atomic mass is 9.48. The van der Waals surface area contributed by atoms with Gasteiger partial charge < -0.3 is 0 Å². The zero-order valence-electron chi connectivity index (χ0n) is 5.13. The summed E-state index contributed by atoms with van der Waals surface area (Å²) in [6.07, 6.45) is -10.6. The number of hydrogen-bond donors (Lipinski definition) is 0. The molecule has 0 aliphatic carbocycles. The maximum atomic E-state index is 11.4. The molecule has 0 unspecified atom stereocenters. The van der Waals surface area contributed by atoms with Gasteiger partial charge in [0.25, 0.3) is 0 Å². The van der Waals surface area contributed by atoms with Gasteiger partial charge in [0, 0.05) is 0 Å². The summed E-state index contributed by atoms with van der Waals surface area (Å²) >= 11 is 0. The van der Waals surface area contributed by atoms with Gasteiger partial charge in [0.1, 0.15) is 0 Å². The first kappa shape index (κ1) is 10.4. The normalized spacial score (nSPS) is 12.9. The highest BCUT2D eigenvalue weighted by molar-refractivity contribution is 6.68. The molecule has 0 amide bonds. The molecule has 0 aromatic carbocycles. The zero-order valence-corrected chi connectivity index (χ0v) is 5.13. The van der Waals surface area contributed by atoms with Crippen molar-refractivity contribution in [3.63, 3.8) is 0 Å². The predicted molar refractivity (Wildman–Crippen MR) is 28.1 cm³/mol. The van der Waals surface area contributed by atoms with Crippen LogP contribution in [0.3, 0.4) is 0 Å². The van der Waals surface area contributed by atoms with Gasteiger partial charge in [-0.3, -0.25) is 0 Å². The highest BCUT2D eigenvalue weighted by Gasteiger charge is 2.59. The van der Waals surface area contributed by atoms with Gasteiger partial charge in [0.2, 0.25) is 0 Å². The summed E-state index contributed by atoms with van der Waals surface area (Å²) in [6.45, 7) is -0.967. The van der Waals surface area contributed by atoms with Gasteiger partial charge in [0.05, 0.1) is 0 Å². The van der Waals surface area contributed by atoms with E-state index in [0.29, 0.717) is 0 Å². The smallest absolute Gasteiger partial charge is 0.181 e. The fraction of sp³-hybridized carbons (Fsp3) is 0.500. The predicted octanol–water partition coefficient (Wildman–Crippen LogP) is 2.41. The molecule has 0 N–H and O–H groups in total. The lowest BCUT2D eigenvalue weighted by molar-refractivity contribution is -0.101. The van der Waals surface area contributed by atoms with E-state index in [-0.39, 0.29) is 5.98 Å². The Labute approximate surface area is 59.0 Å². The highest BCUT2D eigenvalue weighted by atomic mass is 19.4. The van der Waals surface area contributed by atoms with Crippen LogP contribution >= 0.6 is 0 Å². The summed E-state index contributed by atoms with van der Waals surface area (Å²) in [5, 5.41) is 0. The molecule has 0 saturated heterocycles. The molecule has 0 aromatic heterocycles. The van der Waals surface area contributed by atoms with Crippen LogP contribution in [0.2, 0.25) is 0 Å². The van der Waals surface area contributed by atoms with Crippen LogP contribution in [0.4, 0.5) is 26.3 Å². The van der Waals surface area contributed by atoms with Crippen LogP contribution in [0.5, 0.6) is 0 Å². The van der Waals surface area contributed by atoms with Crippen LogP contribution in [0.25, 0.3) is 0 Å². The van der Waals surface area contributed by atoms with E-state index in [1.54, 1.807) is 0 Å². The molecule has 0 aliphatic rings. The minimum atomic E-state index is -5.29. The fourth-order valence-corrected chi connectivity index (χ4v) is 0.453. The molecular formula is C4H3BF6. The van der Waals surface area contributed by atoms with Gasteiger partial charge in [-0.1, -0.05) is 0 Å². The summed E-state index contributed by atoms with van der Waals surface area (Å²) in [7, 11) is 0. The van der Waals surface area contributed by atoms with Gasteiger partial charge in [0.15, 0.2) is 0 Å². The average molecular weight is 176 g/mol. The van der Waals surface area contributed by atoms with Crippen LogP contribution in [0.1, 0.15) is 0 Å². The van der Waals surface area contributed by atoms with E-state index >= 15 is 0 Å². The van der Waals surface area contributed by atoms with Crippen molar-refractivity contribution in [1.82, 2.24) is 0 Å². The molecule has 11 heavy (non-hydrogen) atoms. The number of hydrogen-bond acceptors (Lipinski definition) is 0. The molecule has 0 fully saturated rings. The van der Waals surface area contributed by atoms with Crippen molar-refractivity contribution in [2.24, 2.45) is 0 Å². The minimum absolute atomic E-state index is 0.167. The maximum absolute atomic E-state index is 11.4. The molecule has 0 saturated carbocycles. The summed E-state index contributed by atoms with van der Waals surface area (Å²) in [5.41, 5.74) is 0. The maximum Gasteiger partial charge on any atom is 0.423 e. The van der Waals surface area contributed by atoms with Crippen molar-refractivity contribution < 1.29 is 26.3 Å². The standard InChI is InChI=1S/C4H3BF6/c1-2-5(3(6,7)8)4(9,10)11/h2H,1H2. The van der Waals surface area contributed by atoms with E-state index in [2.05, 4.69) is 6.58 Å². The zero-order chi connectivity index (χ0) is 9.28. The van der Waals surface area contributed by atoms with Crippen molar-refractivity contribution in [3.8, 4) is 0 Å². The highest BCUT2D eigenvalue weighted by Crippen LogP contribution is 2.31. The Balaban J connectivity index is 4.56. The Morgan fingerprint density at radius 3 is 1.18 bits per heavy atom. The lowest BCUT2D eigenvalue weighted by Gasteiger charge is -2.15. The second-order valence-corrected chi connectivity index (χ2v) is 1.80. The third kappa shape index (κ3) is 2.86. The van der Waals surface area contributed by atoms with Crippen molar-refractivity contribution in [2.45, 2.75) is 12.2 Å². The Hall–Kier alpha value is -0.615. The van der Waals surface area contributed by atoms with Gasteiger partial charge in [-0.2, -0.15) is 26.3 Å². The van der Waals surface area contributed by atoms with Gasteiger partial charge in [-0.25, -0.2) is 0 Å². The molecule has 0 radical (unpaired) electrons. The van der Waals surface area contributed by atoms with Crippen LogP contribution in [-0.2, 0) is 0 Å².